The lowest BCUT2D eigenvalue weighted by molar-refractivity contribution is -0.142. The van der Waals surface area contributed by atoms with Gasteiger partial charge in [0.1, 0.15) is 6.04 Å². The van der Waals surface area contributed by atoms with Gasteiger partial charge in [-0.25, -0.2) is 4.79 Å². The number of hydrogen-bond donors (Lipinski definition) is 4. The first-order chi connectivity index (χ1) is 21.1. The fourth-order valence-corrected chi connectivity index (χ4v) is 5.49. The van der Waals surface area contributed by atoms with E-state index in [-0.39, 0.29) is 61.8 Å². The van der Waals surface area contributed by atoms with Gasteiger partial charge in [-0.3, -0.25) is 28.9 Å². The number of imide groups is 1. The molecular weight excluding hydrogens is 566 g/mol. The maximum Gasteiger partial charge on any atom is 0.328 e. The number of carboxylic acid groups (broad SMARTS) is 2. The molecule has 11 heteroatoms. The second-order valence-corrected chi connectivity index (χ2v) is 12.1. The fourth-order valence-electron chi connectivity index (χ4n) is 5.49. The van der Waals surface area contributed by atoms with Gasteiger partial charge in [-0.15, -0.1) is 0 Å². The van der Waals surface area contributed by atoms with E-state index in [2.05, 4.69) is 10.6 Å². The average Bonchev–Trinajstić information content (AvgIpc) is 3.26. The van der Waals surface area contributed by atoms with E-state index in [1.54, 1.807) is 0 Å². The number of nitrogens with zero attached hydrogens (tertiary/aromatic N) is 1. The lowest BCUT2D eigenvalue weighted by Crippen LogP contribution is -2.48. The van der Waals surface area contributed by atoms with Gasteiger partial charge in [-0.2, -0.15) is 0 Å². The summed E-state index contributed by atoms with van der Waals surface area (Å²) in [6, 6.07) is -1.18. The smallest absolute Gasteiger partial charge is 0.328 e. The van der Waals surface area contributed by atoms with Crippen molar-refractivity contribution in [2.75, 3.05) is 13.1 Å². The molecule has 0 bridgehead atoms. The highest BCUT2D eigenvalue weighted by atomic mass is 16.4. The van der Waals surface area contributed by atoms with E-state index >= 15 is 0 Å². The van der Waals surface area contributed by atoms with Crippen LogP contribution in [-0.2, 0) is 28.8 Å². The third-order valence-corrected chi connectivity index (χ3v) is 8.30. The number of carboxylic acids is 2. The molecule has 0 aromatic rings. The maximum absolute atomic E-state index is 12.2. The van der Waals surface area contributed by atoms with Crippen LogP contribution in [0.2, 0.25) is 0 Å². The highest BCUT2D eigenvalue weighted by Crippen LogP contribution is 2.22. The van der Waals surface area contributed by atoms with Crippen molar-refractivity contribution in [1.82, 2.24) is 15.5 Å². The first kappa shape index (κ1) is 39.0. The molecule has 1 saturated heterocycles. The maximum atomic E-state index is 12.2. The molecule has 0 aromatic carbocycles. The Hall–Kier alpha value is -2.98. The zero-order chi connectivity index (χ0) is 32.6. The molecule has 1 fully saturated rings. The largest absolute Gasteiger partial charge is 0.481 e. The van der Waals surface area contributed by atoms with E-state index in [0.717, 1.165) is 38.5 Å². The number of carbonyl (C=O) groups is 6. The van der Waals surface area contributed by atoms with Crippen molar-refractivity contribution in [2.45, 2.75) is 154 Å². The number of nitrogens with one attached hydrogen (secondary N) is 2. The quantitative estimate of drug-likeness (QED) is 0.0668. The molecule has 2 atom stereocenters. The molecule has 11 nitrogen and oxygen atoms in total. The Morgan fingerprint density at radius 2 is 1.16 bits per heavy atom. The summed E-state index contributed by atoms with van der Waals surface area (Å²) in [4.78, 5) is 71.8. The van der Waals surface area contributed by atoms with Gasteiger partial charge in [0.15, 0.2) is 0 Å². The highest BCUT2D eigenvalue weighted by molar-refractivity contribution is 6.03. The highest BCUT2D eigenvalue weighted by Gasteiger charge is 2.36. The van der Waals surface area contributed by atoms with Crippen LogP contribution < -0.4 is 10.6 Å². The van der Waals surface area contributed by atoms with Crippen molar-refractivity contribution in [3.05, 3.63) is 0 Å². The van der Waals surface area contributed by atoms with Crippen LogP contribution in [-0.4, -0.2) is 69.8 Å². The molecule has 1 heterocycles. The van der Waals surface area contributed by atoms with Crippen molar-refractivity contribution in [3.8, 4) is 0 Å². The molecule has 0 saturated carbocycles. The first-order valence-electron chi connectivity index (χ1n) is 17.0. The Morgan fingerprint density at radius 3 is 1.61 bits per heavy atom. The van der Waals surface area contributed by atoms with Crippen molar-refractivity contribution < 1.29 is 39.0 Å². The van der Waals surface area contributed by atoms with E-state index in [0.29, 0.717) is 38.6 Å². The van der Waals surface area contributed by atoms with Gasteiger partial charge in [0.05, 0.1) is 0 Å². The number of rotatable bonds is 28. The second kappa shape index (κ2) is 24.4. The van der Waals surface area contributed by atoms with Crippen LogP contribution >= 0.6 is 0 Å². The second-order valence-electron chi connectivity index (χ2n) is 12.1. The number of carbonyl (C=O) groups excluding carboxylic acids is 4. The number of unbranched alkanes of at least 4 members (excludes halogenated alkanes) is 15. The molecule has 2 unspecified atom stereocenters. The van der Waals surface area contributed by atoms with Crippen molar-refractivity contribution in [1.29, 1.82) is 0 Å². The van der Waals surface area contributed by atoms with Gasteiger partial charge < -0.3 is 20.8 Å². The minimum absolute atomic E-state index is 0.105. The minimum Gasteiger partial charge on any atom is -0.481 e. The van der Waals surface area contributed by atoms with Crippen molar-refractivity contribution >= 4 is 35.6 Å². The van der Waals surface area contributed by atoms with E-state index in [1.165, 1.54) is 49.8 Å². The topological polar surface area (TPSA) is 170 Å². The third-order valence-electron chi connectivity index (χ3n) is 8.30. The Balaban J connectivity index is 2.00. The summed E-state index contributed by atoms with van der Waals surface area (Å²) in [5.41, 5.74) is 0. The van der Waals surface area contributed by atoms with E-state index < -0.39 is 18.0 Å². The molecule has 0 aromatic heterocycles. The molecule has 0 spiro atoms. The molecule has 4 N–H and O–H groups in total. The lowest BCUT2D eigenvalue weighted by atomic mass is 10.0. The molecule has 252 valence electrons. The van der Waals surface area contributed by atoms with Gasteiger partial charge in [-0.05, 0) is 32.1 Å². The van der Waals surface area contributed by atoms with Crippen LogP contribution in [0.3, 0.4) is 0 Å². The average molecular weight is 624 g/mol. The molecule has 1 aliphatic rings. The predicted octanol–water partition coefficient (Wildman–Crippen LogP) is 5.34. The molecule has 1 aliphatic heterocycles. The molecule has 44 heavy (non-hydrogen) atoms. The monoisotopic (exact) mass is 623 g/mol. The standard InChI is InChI=1S/C33H57N3O8/c1-2-26-24-30(39)36(32(26)42)23-19-15-17-20-28(37)34-25-27(33(43)44)35-29(38)21-16-13-11-9-7-5-3-4-6-8-10-12-14-18-22-31(40)41/h26-27H,2-25H2,1H3,(H,34,37)(H,35,38)(H,40,41)(H,43,44). The van der Waals surface area contributed by atoms with Gasteiger partial charge in [-0.1, -0.05) is 90.4 Å². The van der Waals surface area contributed by atoms with Crippen LogP contribution in [0.1, 0.15) is 148 Å². The summed E-state index contributed by atoms with van der Waals surface area (Å²) in [5.74, 6) is -2.97. The fraction of sp³-hybridized carbons (Fsp3) is 0.818. The molecular formula is C33H57N3O8. The Kier molecular flexibility index (Phi) is 21.6. The summed E-state index contributed by atoms with van der Waals surface area (Å²) >= 11 is 0. The molecule has 0 aliphatic carbocycles. The van der Waals surface area contributed by atoms with Gasteiger partial charge in [0, 0.05) is 44.7 Å². The number of aliphatic carboxylic acids is 2. The summed E-state index contributed by atoms with van der Waals surface area (Å²) in [5, 5.41) is 23.2. The van der Waals surface area contributed by atoms with Crippen LogP contribution in [0.25, 0.3) is 0 Å². The number of amides is 4. The zero-order valence-electron chi connectivity index (χ0n) is 26.9. The molecule has 4 amide bonds. The van der Waals surface area contributed by atoms with E-state index in [9.17, 15) is 33.9 Å². The molecule has 1 rings (SSSR count). The summed E-state index contributed by atoms with van der Waals surface area (Å²) in [7, 11) is 0. The normalized spacial score (nSPS) is 15.4. The zero-order valence-corrected chi connectivity index (χ0v) is 26.9. The van der Waals surface area contributed by atoms with Crippen LogP contribution in [0, 0.1) is 5.92 Å². The van der Waals surface area contributed by atoms with Gasteiger partial charge in [0.25, 0.3) is 0 Å². The number of hydrogen-bond acceptors (Lipinski definition) is 6. The number of likely N-dealkylation sites (tertiary alicyclic amines) is 1. The van der Waals surface area contributed by atoms with Crippen molar-refractivity contribution in [3.63, 3.8) is 0 Å². The summed E-state index contributed by atoms with van der Waals surface area (Å²) < 4.78 is 0. The van der Waals surface area contributed by atoms with Crippen molar-refractivity contribution in [2.24, 2.45) is 5.92 Å². The van der Waals surface area contributed by atoms with E-state index in [4.69, 9.17) is 5.11 Å². The lowest BCUT2D eigenvalue weighted by Gasteiger charge is -2.16. The summed E-state index contributed by atoms with van der Waals surface area (Å²) in [6.07, 6.45) is 18.7. The van der Waals surface area contributed by atoms with Gasteiger partial charge in [0.2, 0.25) is 23.6 Å². The Bertz CT molecular complexity index is 894. The van der Waals surface area contributed by atoms with Crippen LogP contribution in [0.5, 0.6) is 0 Å². The van der Waals surface area contributed by atoms with Gasteiger partial charge >= 0.3 is 11.9 Å². The minimum atomic E-state index is -1.19. The Labute approximate surface area is 263 Å². The van der Waals surface area contributed by atoms with Crippen LogP contribution in [0.15, 0.2) is 0 Å². The van der Waals surface area contributed by atoms with Crippen LogP contribution in [0.4, 0.5) is 0 Å². The van der Waals surface area contributed by atoms with E-state index in [1.807, 2.05) is 6.92 Å². The predicted molar refractivity (Wildman–Crippen MR) is 168 cm³/mol. The SMILES string of the molecule is CCC1CC(=O)N(CCCCCC(=O)NCC(NC(=O)CCCCCCCCCCCCCCCCC(=O)O)C(=O)O)C1=O. The summed E-state index contributed by atoms with van der Waals surface area (Å²) in [6.45, 7) is 2.08. The molecule has 0 radical (unpaired) electrons. The third kappa shape index (κ3) is 18.6. The Morgan fingerprint density at radius 1 is 0.705 bits per heavy atom. The first-order valence-corrected chi connectivity index (χ1v) is 17.0.